The van der Waals surface area contributed by atoms with Crippen LogP contribution in [0.25, 0.3) is 0 Å². The summed E-state index contributed by atoms with van der Waals surface area (Å²) >= 11 is 11.8. The lowest BCUT2D eigenvalue weighted by molar-refractivity contribution is 0.0990. The Kier molecular flexibility index (Phi) is 5.62. The molecule has 9 heteroatoms. The first-order chi connectivity index (χ1) is 12.6. The number of amidine groups is 1. The van der Waals surface area contributed by atoms with Crippen LogP contribution >= 0.6 is 23.2 Å². The van der Waals surface area contributed by atoms with Crippen molar-refractivity contribution >= 4 is 40.5 Å². The molecule has 0 saturated heterocycles. The van der Waals surface area contributed by atoms with E-state index in [2.05, 4.69) is 15.3 Å². The van der Waals surface area contributed by atoms with Crippen molar-refractivity contribution in [3.63, 3.8) is 0 Å². The Labute approximate surface area is 158 Å². The second-order valence-electron chi connectivity index (χ2n) is 5.22. The minimum absolute atomic E-state index is 0.0255. The molecule has 3 aromatic rings. The number of hydrogen-bond donors (Lipinski definition) is 2. The van der Waals surface area contributed by atoms with Crippen LogP contribution in [0.4, 0.5) is 5.69 Å². The van der Waals surface area contributed by atoms with E-state index < -0.39 is 0 Å². The molecule has 0 aliphatic rings. The number of aliphatic imine (C=N–C) groups is 1. The fraction of sp³-hybridized carbons (Fsp3) is 0.0588. The van der Waals surface area contributed by atoms with Crippen molar-refractivity contribution in [2.75, 3.05) is 0 Å². The summed E-state index contributed by atoms with van der Waals surface area (Å²) in [5.41, 5.74) is 3.18. The van der Waals surface area contributed by atoms with Gasteiger partial charge in [0, 0.05) is 15.6 Å². The standard InChI is InChI=1S/C17H12Cl2N4O3/c18-11-4-1-3-10(7-11)15(24)9-14-16(23-26-22-14)17(21-25)20-13-6-2-5-12(19)8-13/h1-8,25H,9H2,(H,20,21). The van der Waals surface area contributed by atoms with Crippen LogP contribution in [0.5, 0.6) is 0 Å². The molecule has 0 aliphatic carbocycles. The highest BCUT2D eigenvalue weighted by molar-refractivity contribution is 6.31. The molecule has 0 aliphatic heterocycles. The van der Waals surface area contributed by atoms with Gasteiger partial charge in [-0.3, -0.25) is 15.5 Å². The van der Waals surface area contributed by atoms with E-state index in [0.717, 1.165) is 0 Å². The number of carbonyl (C=O) groups is 1. The van der Waals surface area contributed by atoms with Gasteiger partial charge >= 0.3 is 0 Å². The van der Waals surface area contributed by atoms with Crippen LogP contribution < -0.4 is 5.48 Å². The zero-order valence-corrected chi connectivity index (χ0v) is 14.7. The third-order valence-electron chi connectivity index (χ3n) is 3.41. The largest absolute Gasteiger partial charge is 0.294 e. The van der Waals surface area contributed by atoms with Crippen LogP contribution in [0.1, 0.15) is 21.7 Å². The molecule has 0 atom stereocenters. The first kappa shape index (κ1) is 18.1. The van der Waals surface area contributed by atoms with Gasteiger partial charge in [0.1, 0.15) is 5.69 Å². The van der Waals surface area contributed by atoms with Gasteiger partial charge < -0.3 is 0 Å². The minimum Gasteiger partial charge on any atom is -0.294 e. The minimum atomic E-state index is -0.232. The summed E-state index contributed by atoms with van der Waals surface area (Å²) in [6.45, 7) is 0. The number of Topliss-reactive ketones (excluding diaryl/α,β-unsaturated/α-hetero) is 1. The van der Waals surface area contributed by atoms with Crippen molar-refractivity contribution in [3.05, 3.63) is 75.5 Å². The quantitative estimate of drug-likeness (QED) is 0.297. The molecule has 3 rings (SSSR count). The fourth-order valence-electron chi connectivity index (χ4n) is 2.22. The van der Waals surface area contributed by atoms with Crippen LogP contribution in [0, 0.1) is 0 Å². The molecule has 0 unspecified atom stereocenters. The number of halogens is 2. The summed E-state index contributed by atoms with van der Waals surface area (Å²) in [6.07, 6.45) is -0.102. The lowest BCUT2D eigenvalue weighted by atomic mass is 10.1. The zero-order valence-electron chi connectivity index (χ0n) is 13.2. The van der Waals surface area contributed by atoms with Crippen LogP contribution in [0.15, 0.2) is 58.2 Å². The summed E-state index contributed by atoms with van der Waals surface area (Å²) in [4.78, 5) is 16.6. The predicted octanol–water partition coefficient (Wildman–Crippen LogP) is 3.86. The molecule has 1 aromatic heterocycles. The zero-order chi connectivity index (χ0) is 18.5. The highest BCUT2D eigenvalue weighted by Crippen LogP contribution is 2.19. The smallest absolute Gasteiger partial charge is 0.182 e. The Morgan fingerprint density at radius 3 is 2.54 bits per heavy atom. The summed E-state index contributed by atoms with van der Waals surface area (Å²) in [5, 5.41) is 17.8. The molecule has 0 radical (unpaired) electrons. The van der Waals surface area contributed by atoms with E-state index in [0.29, 0.717) is 21.3 Å². The van der Waals surface area contributed by atoms with E-state index in [1.165, 1.54) is 0 Å². The second kappa shape index (κ2) is 8.09. The van der Waals surface area contributed by atoms with Crippen molar-refractivity contribution in [3.8, 4) is 0 Å². The third-order valence-corrected chi connectivity index (χ3v) is 3.88. The number of rotatable bonds is 5. The molecule has 0 amide bonds. The van der Waals surface area contributed by atoms with E-state index in [1.54, 1.807) is 48.5 Å². The maximum absolute atomic E-state index is 12.4. The summed E-state index contributed by atoms with van der Waals surface area (Å²) in [5.74, 6) is -0.257. The Balaban J connectivity index is 1.88. The van der Waals surface area contributed by atoms with Crippen LogP contribution in [-0.2, 0) is 6.42 Å². The van der Waals surface area contributed by atoms with Gasteiger partial charge in [-0.25, -0.2) is 9.62 Å². The number of aromatic nitrogens is 2. The fourth-order valence-corrected chi connectivity index (χ4v) is 2.60. The highest BCUT2D eigenvalue weighted by atomic mass is 35.5. The van der Waals surface area contributed by atoms with E-state index >= 15 is 0 Å². The van der Waals surface area contributed by atoms with Gasteiger partial charge in [-0.1, -0.05) is 46.6 Å². The van der Waals surface area contributed by atoms with E-state index in [1.807, 2.05) is 5.48 Å². The predicted molar refractivity (Wildman–Crippen MR) is 96.4 cm³/mol. The SMILES string of the molecule is O=C(Cc1nonc1C(=Nc1cccc(Cl)c1)NO)c1cccc(Cl)c1. The number of benzene rings is 2. The lowest BCUT2D eigenvalue weighted by Gasteiger charge is -2.04. The molecule has 2 N–H and O–H groups in total. The third kappa shape index (κ3) is 4.26. The number of nitrogens with one attached hydrogen (secondary N) is 1. The first-order valence-electron chi connectivity index (χ1n) is 7.42. The summed E-state index contributed by atoms with van der Waals surface area (Å²) in [7, 11) is 0. The van der Waals surface area contributed by atoms with Gasteiger partial charge in [-0.05, 0) is 35.5 Å². The highest BCUT2D eigenvalue weighted by Gasteiger charge is 2.20. The number of hydrogen-bond acceptors (Lipinski definition) is 6. The molecular formula is C17H12Cl2N4O3. The molecule has 0 spiro atoms. The second-order valence-corrected chi connectivity index (χ2v) is 6.09. The summed E-state index contributed by atoms with van der Waals surface area (Å²) in [6, 6.07) is 13.2. The Morgan fingerprint density at radius 1 is 1.12 bits per heavy atom. The molecule has 1 heterocycles. The van der Waals surface area contributed by atoms with Crippen LogP contribution in [-0.4, -0.2) is 27.1 Å². The average Bonchev–Trinajstić information content (AvgIpc) is 3.07. The van der Waals surface area contributed by atoms with E-state index in [9.17, 15) is 10.0 Å². The average molecular weight is 391 g/mol. The molecule has 26 heavy (non-hydrogen) atoms. The topological polar surface area (TPSA) is 101 Å². The van der Waals surface area contributed by atoms with E-state index in [4.69, 9.17) is 27.8 Å². The maximum atomic E-state index is 12.4. The number of hydroxylamine groups is 1. The molecule has 7 nitrogen and oxygen atoms in total. The van der Waals surface area contributed by atoms with Crippen LogP contribution in [0.3, 0.4) is 0 Å². The Hall–Kier alpha value is -2.74. The van der Waals surface area contributed by atoms with Crippen molar-refractivity contribution in [1.82, 2.24) is 15.8 Å². The van der Waals surface area contributed by atoms with Gasteiger partial charge in [0.25, 0.3) is 0 Å². The van der Waals surface area contributed by atoms with Gasteiger partial charge in [-0.2, -0.15) is 0 Å². The van der Waals surface area contributed by atoms with Crippen molar-refractivity contribution in [2.45, 2.75) is 6.42 Å². The monoisotopic (exact) mass is 390 g/mol. The summed E-state index contributed by atoms with van der Waals surface area (Å²) < 4.78 is 4.71. The molecule has 0 saturated carbocycles. The van der Waals surface area contributed by atoms with Crippen molar-refractivity contribution < 1.29 is 14.6 Å². The molecular weight excluding hydrogens is 379 g/mol. The Bertz CT molecular complexity index is 972. The van der Waals surface area contributed by atoms with Gasteiger partial charge in [-0.15, -0.1) is 0 Å². The van der Waals surface area contributed by atoms with Crippen LogP contribution in [0.2, 0.25) is 10.0 Å². The first-order valence-corrected chi connectivity index (χ1v) is 8.17. The van der Waals surface area contributed by atoms with Crippen molar-refractivity contribution in [2.24, 2.45) is 4.99 Å². The lowest BCUT2D eigenvalue weighted by Crippen LogP contribution is -2.22. The number of carbonyl (C=O) groups excluding carboxylic acids is 1. The molecule has 132 valence electrons. The maximum Gasteiger partial charge on any atom is 0.182 e. The molecule has 2 aromatic carbocycles. The van der Waals surface area contributed by atoms with Crippen molar-refractivity contribution in [1.29, 1.82) is 0 Å². The molecule has 0 bridgehead atoms. The number of nitrogens with zero attached hydrogens (tertiary/aromatic N) is 3. The number of ketones is 1. The molecule has 0 fully saturated rings. The van der Waals surface area contributed by atoms with E-state index in [-0.39, 0.29) is 29.4 Å². The van der Waals surface area contributed by atoms with Gasteiger partial charge in [0.2, 0.25) is 0 Å². The Morgan fingerprint density at radius 2 is 1.85 bits per heavy atom. The van der Waals surface area contributed by atoms with Gasteiger partial charge in [0.05, 0.1) is 12.1 Å². The normalized spacial score (nSPS) is 11.4. The van der Waals surface area contributed by atoms with Gasteiger partial charge in [0.15, 0.2) is 17.3 Å².